The Bertz CT molecular complexity index is 429. The smallest absolute Gasteiger partial charge is 0.217 e. The second-order valence-corrected chi connectivity index (χ2v) is 3.17. The first-order valence-electron chi connectivity index (χ1n) is 4.74. The van der Waals surface area contributed by atoms with Crippen LogP contribution in [0, 0.1) is 5.95 Å². The minimum Gasteiger partial charge on any atom is -0.381 e. The maximum absolute atomic E-state index is 13.1. The van der Waals surface area contributed by atoms with Crippen LogP contribution in [0.25, 0.3) is 0 Å². The summed E-state index contributed by atoms with van der Waals surface area (Å²) >= 11 is 0. The molecule has 0 spiro atoms. The van der Waals surface area contributed by atoms with Gasteiger partial charge in [-0.3, -0.25) is 0 Å². The first-order valence-corrected chi connectivity index (χ1v) is 4.74. The number of hydrogen-bond donors (Lipinski definition) is 1. The molecule has 76 valence electrons. The minimum atomic E-state index is -0.416. The van der Waals surface area contributed by atoms with Crippen molar-refractivity contribution in [1.29, 1.82) is 0 Å². The fourth-order valence-corrected chi connectivity index (χ4v) is 1.30. The highest BCUT2D eigenvalue weighted by Gasteiger charge is 2.00. The van der Waals surface area contributed by atoms with Crippen molar-refractivity contribution in [3.05, 3.63) is 60.2 Å². The lowest BCUT2D eigenvalue weighted by Crippen LogP contribution is -2.02. The van der Waals surface area contributed by atoms with Gasteiger partial charge in [0.25, 0.3) is 0 Å². The summed E-state index contributed by atoms with van der Waals surface area (Å²) in [6.45, 7) is 0.448. The number of pyridine rings is 1. The van der Waals surface area contributed by atoms with E-state index in [2.05, 4.69) is 10.3 Å². The number of hydrogen-bond acceptors (Lipinski definition) is 2. The van der Waals surface area contributed by atoms with Crippen molar-refractivity contribution >= 4 is 5.69 Å². The Morgan fingerprint density at radius 2 is 1.87 bits per heavy atom. The highest BCUT2D eigenvalue weighted by atomic mass is 19.1. The molecule has 1 heterocycles. The van der Waals surface area contributed by atoms with Gasteiger partial charge < -0.3 is 5.32 Å². The monoisotopic (exact) mass is 202 g/mol. The summed E-state index contributed by atoms with van der Waals surface area (Å²) < 4.78 is 13.1. The van der Waals surface area contributed by atoms with Gasteiger partial charge in [-0.25, -0.2) is 4.98 Å². The van der Waals surface area contributed by atoms with Gasteiger partial charge in [-0.1, -0.05) is 24.3 Å². The molecule has 0 amide bonds. The molecule has 2 aromatic rings. The third-order valence-electron chi connectivity index (χ3n) is 2.09. The Labute approximate surface area is 87.8 Å². The minimum absolute atomic E-state index is 0.416. The fourth-order valence-electron chi connectivity index (χ4n) is 1.30. The molecule has 0 aliphatic heterocycles. The summed E-state index contributed by atoms with van der Waals surface area (Å²) in [5.41, 5.74) is 1.54. The molecule has 3 heteroatoms. The van der Waals surface area contributed by atoms with Crippen LogP contribution in [0.5, 0.6) is 0 Å². The van der Waals surface area contributed by atoms with Gasteiger partial charge >= 0.3 is 0 Å². The highest BCUT2D eigenvalue weighted by Crippen LogP contribution is 2.09. The fraction of sp³-hybridized carbons (Fsp3) is 0.0833. The molecule has 0 atom stereocenters. The van der Waals surface area contributed by atoms with Crippen molar-refractivity contribution in [3.63, 3.8) is 0 Å². The van der Waals surface area contributed by atoms with E-state index in [1.807, 2.05) is 30.3 Å². The van der Waals surface area contributed by atoms with Crippen molar-refractivity contribution < 1.29 is 4.39 Å². The molecule has 0 aliphatic carbocycles. The molecule has 1 N–H and O–H groups in total. The quantitative estimate of drug-likeness (QED) is 0.774. The summed E-state index contributed by atoms with van der Waals surface area (Å²) in [4.78, 5) is 3.58. The zero-order valence-electron chi connectivity index (χ0n) is 8.15. The van der Waals surface area contributed by atoms with Crippen LogP contribution in [0.4, 0.5) is 10.1 Å². The molecule has 0 unspecified atom stereocenters. The molecule has 0 bridgehead atoms. The number of halogens is 1. The molecule has 2 nitrogen and oxygen atoms in total. The molecule has 0 radical (unpaired) electrons. The zero-order valence-corrected chi connectivity index (χ0v) is 8.15. The number of para-hydroxylation sites is 1. The zero-order chi connectivity index (χ0) is 10.5. The van der Waals surface area contributed by atoms with Crippen molar-refractivity contribution in [2.45, 2.75) is 6.54 Å². The second-order valence-electron chi connectivity index (χ2n) is 3.17. The lowest BCUT2D eigenvalue weighted by molar-refractivity contribution is 0.569. The molecule has 1 aromatic heterocycles. The van der Waals surface area contributed by atoms with E-state index in [9.17, 15) is 4.39 Å². The molecule has 0 aliphatic rings. The molecule has 0 saturated carbocycles. The van der Waals surface area contributed by atoms with E-state index in [-0.39, 0.29) is 0 Å². The summed E-state index contributed by atoms with van der Waals surface area (Å²) in [5.74, 6) is -0.416. The van der Waals surface area contributed by atoms with E-state index >= 15 is 0 Å². The van der Waals surface area contributed by atoms with Crippen LogP contribution in [0.3, 0.4) is 0 Å². The Morgan fingerprint density at radius 3 is 2.60 bits per heavy atom. The first kappa shape index (κ1) is 9.65. The second kappa shape index (κ2) is 4.55. The number of nitrogens with zero attached hydrogens (tertiary/aromatic N) is 1. The van der Waals surface area contributed by atoms with E-state index in [4.69, 9.17) is 0 Å². The van der Waals surface area contributed by atoms with Gasteiger partial charge in [0.2, 0.25) is 5.95 Å². The Hall–Kier alpha value is -1.90. The number of anilines is 1. The SMILES string of the molecule is Fc1ncccc1CNc1ccccc1. The highest BCUT2D eigenvalue weighted by molar-refractivity contribution is 5.42. The molecular formula is C12H11FN2. The van der Waals surface area contributed by atoms with Crippen LogP contribution in [0.1, 0.15) is 5.56 Å². The number of benzene rings is 1. The van der Waals surface area contributed by atoms with Gasteiger partial charge in [0, 0.05) is 24.0 Å². The van der Waals surface area contributed by atoms with Crippen molar-refractivity contribution in [3.8, 4) is 0 Å². The van der Waals surface area contributed by atoms with E-state index in [0.717, 1.165) is 5.69 Å². The number of nitrogens with one attached hydrogen (secondary N) is 1. The molecule has 1 aromatic carbocycles. The Kier molecular flexibility index (Phi) is 2.93. The van der Waals surface area contributed by atoms with Gasteiger partial charge in [0.15, 0.2) is 0 Å². The molecule has 0 saturated heterocycles. The van der Waals surface area contributed by atoms with Crippen LogP contribution < -0.4 is 5.32 Å². The third kappa shape index (κ3) is 2.53. The topological polar surface area (TPSA) is 24.9 Å². The third-order valence-corrected chi connectivity index (χ3v) is 2.09. The lowest BCUT2D eigenvalue weighted by atomic mass is 10.2. The van der Waals surface area contributed by atoms with Crippen LogP contribution in [0.15, 0.2) is 48.7 Å². The van der Waals surface area contributed by atoms with Gasteiger partial charge in [-0.05, 0) is 18.2 Å². The van der Waals surface area contributed by atoms with E-state index in [0.29, 0.717) is 12.1 Å². The Morgan fingerprint density at radius 1 is 1.07 bits per heavy atom. The first-order chi connectivity index (χ1) is 7.36. The molecule has 2 rings (SSSR count). The lowest BCUT2D eigenvalue weighted by Gasteiger charge is -2.06. The molecule has 0 fully saturated rings. The van der Waals surface area contributed by atoms with Crippen LogP contribution in [0.2, 0.25) is 0 Å². The van der Waals surface area contributed by atoms with Crippen molar-refractivity contribution in [2.75, 3.05) is 5.32 Å². The summed E-state index contributed by atoms with van der Waals surface area (Å²) in [7, 11) is 0. The predicted octanol–water partition coefficient (Wildman–Crippen LogP) is 2.83. The van der Waals surface area contributed by atoms with Crippen LogP contribution in [-0.4, -0.2) is 4.98 Å². The maximum Gasteiger partial charge on any atom is 0.217 e. The maximum atomic E-state index is 13.1. The van der Waals surface area contributed by atoms with Crippen molar-refractivity contribution in [2.24, 2.45) is 0 Å². The standard InChI is InChI=1S/C12H11FN2/c13-12-10(5-4-8-14-12)9-15-11-6-2-1-3-7-11/h1-8,15H,9H2. The van der Waals surface area contributed by atoms with E-state index in [1.54, 1.807) is 12.1 Å². The van der Waals surface area contributed by atoms with Crippen LogP contribution >= 0.6 is 0 Å². The number of rotatable bonds is 3. The predicted molar refractivity (Wildman–Crippen MR) is 58.0 cm³/mol. The van der Waals surface area contributed by atoms with Gasteiger partial charge in [0.1, 0.15) is 0 Å². The summed E-state index contributed by atoms with van der Waals surface area (Å²) in [6.07, 6.45) is 1.45. The Balaban J connectivity index is 2.03. The normalized spacial score (nSPS) is 9.93. The van der Waals surface area contributed by atoms with E-state index in [1.165, 1.54) is 6.20 Å². The number of aromatic nitrogens is 1. The molecule has 15 heavy (non-hydrogen) atoms. The average molecular weight is 202 g/mol. The van der Waals surface area contributed by atoms with Gasteiger partial charge in [-0.15, -0.1) is 0 Å². The van der Waals surface area contributed by atoms with Crippen LogP contribution in [-0.2, 0) is 6.54 Å². The van der Waals surface area contributed by atoms with Gasteiger partial charge in [-0.2, -0.15) is 4.39 Å². The molecular weight excluding hydrogens is 191 g/mol. The average Bonchev–Trinajstić information content (AvgIpc) is 2.29. The van der Waals surface area contributed by atoms with E-state index < -0.39 is 5.95 Å². The largest absolute Gasteiger partial charge is 0.381 e. The summed E-state index contributed by atoms with van der Waals surface area (Å²) in [6, 6.07) is 13.1. The van der Waals surface area contributed by atoms with Crippen molar-refractivity contribution in [1.82, 2.24) is 4.98 Å². The summed E-state index contributed by atoms with van der Waals surface area (Å²) in [5, 5.41) is 3.12. The van der Waals surface area contributed by atoms with Gasteiger partial charge in [0.05, 0.1) is 0 Å².